The first-order valence-corrected chi connectivity index (χ1v) is 10.9. The molecule has 2 N–H and O–H groups in total. The first-order valence-electron chi connectivity index (χ1n) is 10.9. The minimum absolute atomic E-state index is 0.00613. The molecule has 3 heterocycles. The molecule has 1 atom stereocenters. The number of ether oxygens (including phenoxy) is 1. The lowest BCUT2D eigenvalue weighted by atomic mass is 10.1. The lowest BCUT2D eigenvalue weighted by molar-refractivity contribution is -0.141. The van der Waals surface area contributed by atoms with Gasteiger partial charge in [0.25, 0.3) is 5.91 Å². The molecule has 0 bridgehead atoms. The lowest BCUT2D eigenvalue weighted by Crippen LogP contribution is -2.52. The molecular weight excluding hydrogens is 467 g/mol. The van der Waals surface area contributed by atoms with E-state index in [0.29, 0.717) is 30.6 Å². The van der Waals surface area contributed by atoms with Gasteiger partial charge in [0.1, 0.15) is 23.5 Å². The molecule has 186 valence electrons. The van der Waals surface area contributed by atoms with Crippen molar-refractivity contribution in [1.29, 1.82) is 0 Å². The van der Waals surface area contributed by atoms with Crippen LogP contribution in [-0.2, 0) is 11.0 Å². The number of nitrogens with two attached hydrogens (primary N) is 1. The van der Waals surface area contributed by atoms with E-state index in [1.165, 1.54) is 24.1 Å². The molecule has 4 rings (SSSR count). The molecule has 35 heavy (non-hydrogen) atoms. The SMILES string of the molecule is CCN1CCN(C(=O)c2nc(-c3ccc(OC)c4nc(C(F)(F)F)ccc34)oc2[C@H](C)N)CC1=O. The van der Waals surface area contributed by atoms with Crippen molar-refractivity contribution in [3.63, 3.8) is 0 Å². The number of oxazole rings is 1. The van der Waals surface area contributed by atoms with Crippen LogP contribution in [-0.4, -0.2) is 64.9 Å². The number of pyridine rings is 1. The molecule has 1 aromatic carbocycles. The summed E-state index contributed by atoms with van der Waals surface area (Å²) in [7, 11) is 1.33. The van der Waals surface area contributed by atoms with E-state index in [2.05, 4.69) is 9.97 Å². The van der Waals surface area contributed by atoms with Gasteiger partial charge in [-0.25, -0.2) is 9.97 Å². The number of likely N-dealkylation sites (N-methyl/N-ethyl adjacent to an activating group) is 1. The van der Waals surface area contributed by atoms with Crippen LogP contribution < -0.4 is 10.5 Å². The summed E-state index contributed by atoms with van der Waals surface area (Å²) in [5.41, 5.74) is 5.20. The number of carbonyl (C=O) groups is 2. The maximum absolute atomic E-state index is 13.2. The molecule has 2 amide bonds. The molecule has 9 nitrogen and oxygen atoms in total. The zero-order valence-corrected chi connectivity index (χ0v) is 19.3. The van der Waals surface area contributed by atoms with Gasteiger partial charge in [-0.2, -0.15) is 13.2 Å². The number of halogens is 3. The number of carbonyl (C=O) groups excluding carboxylic acids is 2. The lowest BCUT2D eigenvalue weighted by Gasteiger charge is -2.33. The van der Waals surface area contributed by atoms with Crippen molar-refractivity contribution in [1.82, 2.24) is 19.8 Å². The third-order valence-corrected chi connectivity index (χ3v) is 5.82. The number of piperazine rings is 1. The zero-order chi connectivity index (χ0) is 25.5. The minimum Gasteiger partial charge on any atom is -0.494 e. The van der Waals surface area contributed by atoms with Gasteiger partial charge in [0.05, 0.1) is 13.2 Å². The van der Waals surface area contributed by atoms with E-state index in [0.717, 1.165) is 6.07 Å². The second kappa shape index (κ2) is 9.17. The number of methoxy groups -OCH3 is 1. The van der Waals surface area contributed by atoms with Gasteiger partial charge in [-0.1, -0.05) is 0 Å². The fourth-order valence-corrected chi connectivity index (χ4v) is 3.98. The van der Waals surface area contributed by atoms with E-state index in [1.54, 1.807) is 17.9 Å². The van der Waals surface area contributed by atoms with E-state index in [4.69, 9.17) is 14.9 Å². The number of benzene rings is 1. The van der Waals surface area contributed by atoms with Crippen molar-refractivity contribution >= 4 is 22.7 Å². The predicted molar refractivity (Wildman–Crippen MR) is 120 cm³/mol. The Morgan fingerprint density at radius 3 is 2.57 bits per heavy atom. The molecule has 3 aromatic rings. The second-order valence-corrected chi connectivity index (χ2v) is 8.13. The number of rotatable bonds is 5. The number of hydrogen-bond donors (Lipinski definition) is 1. The molecule has 1 fully saturated rings. The fourth-order valence-electron chi connectivity index (χ4n) is 3.98. The van der Waals surface area contributed by atoms with Crippen LogP contribution in [0.4, 0.5) is 13.2 Å². The summed E-state index contributed by atoms with van der Waals surface area (Å²) in [6.07, 6.45) is -4.64. The van der Waals surface area contributed by atoms with Gasteiger partial charge >= 0.3 is 6.18 Å². The number of alkyl halides is 3. The summed E-state index contributed by atoms with van der Waals surface area (Å²) in [6.45, 7) is 4.66. The van der Waals surface area contributed by atoms with Crippen LogP contribution in [0.3, 0.4) is 0 Å². The Balaban J connectivity index is 1.79. The maximum Gasteiger partial charge on any atom is 0.433 e. The molecule has 12 heteroatoms. The van der Waals surface area contributed by atoms with E-state index in [9.17, 15) is 22.8 Å². The molecule has 0 saturated carbocycles. The average molecular weight is 491 g/mol. The Labute approximate surface area is 198 Å². The molecule has 1 saturated heterocycles. The normalized spacial score (nSPS) is 15.6. The number of fused-ring (bicyclic) bond motifs is 1. The first-order chi connectivity index (χ1) is 16.5. The number of aromatic nitrogens is 2. The number of nitrogens with zero attached hydrogens (tertiary/aromatic N) is 4. The van der Waals surface area contributed by atoms with Crippen LogP contribution in [0.2, 0.25) is 0 Å². The Bertz CT molecular complexity index is 1290. The molecule has 1 aliphatic heterocycles. The quantitative estimate of drug-likeness (QED) is 0.583. The van der Waals surface area contributed by atoms with Crippen LogP contribution in [0.1, 0.15) is 41.8 Å². The summed E-state index contributed by atoms with van der Waals surface area (Å²) >= 11 is 0. The van der Waals surface area contributed by atoms with E-state index >= 15 is 0 Å². The Hall–Kier alpha value is -3.67. The van der Waals surface area contributed by atoms with Gasteiger partial charge in [0.2, 0.25) is 11.8 Å². The molecule has 2 aromatic heterocycles. The molecule has 0 unspecified atom stereocenters. The van der Waals surface area contributed by atoms with Crippen molar-refractivity contribution in [2.24, 2.45) is 5.73 Å². The van der Waals surface area contributed by atoms with Gasteiger partial charge in [-0.15, -0.1) is 0 Å². The fraction of sp³-hybridized carbons (Fsp3) is 0.391. The summed E-state index contributed by atoms with van der Waals surface area (Å²) in [5, 5.41) is 0.292. The molecule has 0 aliphatic carbocycles. The largest absolute Gasteiger partial charge is 0.494 e. The highest BCUT2D eigenvalue weighted by Crippen LogP contribution is 2.37. The van der Waals surface area contributed by atoms with E-state index < -0.39 is 23.8 Å². The van der Waals surface area contributed by atoms with Crippen LogP contribution in [0.5, 0.6) is 5.75 Å². The van der Waals surface area contributed by atoms with Crippen molar-refractivity contribution in [2.45, 2.75) is 26.1 Å². The molecule has 1 aliphatic rings. The smallest absolute Gasteiger partial charge is 0.433 e. The van der Waals surface area contributed by atoms with Gasteiger partial charge in [0, 0.05) is 30.6 Å². The van der Waals surface area contributed by atoms with Crippen molar-refractivity contribution in [2.75, 3.05) is 33.3 Å². The monoisotopic (exact) mass is 491 g/mol. The molecule has 0 radical (unpaired) electrons. The van der Waals surface area contributed by atoms with Crippen molar-refractivity contribution in [3.05, 3.63) is 41.4 Å². The highest BCUT2D eigenvalue weighted by molar-refractivity contribution is 5.99. The summed E-state index contributed by atoms with van der Waals surface area (Å²) in [5.74, 6) is -0.442. The highest BCUT2D eigenvalue weighted by atomic mass is 19.4. The Morgan fingerprint density at radius 1 is 1.23 bits per heavy atom. The minimum atomic E-state index is -4.64. The molecule has 0 spiro atoms. The Kier molecular flexibility index (Phi) is 6.41. The number of amides is 2. The number of hydrogen-bond acceptors (Lipinski definition) is 7. The van der Waals surface area contributed by atoms with Crippen LogP contribution in [0.25, 0.3) is 22.4 Å². The van der Waals surface area contributed by atoms with E-state index in [-0.39, 0.29) is 41.1 Å². The van der Waals surface area contributed by atoms with Gasteiger partial charge in [-0.05, 0) is 38.1 Å². The Morgan fingerprint density at radius 2 is 1.97 bits per heavy atom. The van der Waals surface area contributed by atoms with Crippen LogP contribution >= 0.6 is 0 Å². The highest BCUT2D eigenvalue weighted by Gasteiger charge is 2.34. The first kappa shape index (κ1) is 24.5. The third-order valence-electron chi connectivity index (χ3n) is 5.82. The van der Waals surface area contributed by atoms with Gasteiger partial charge < -0.3 is 24.7 Å². The van der Waals surface area contributed by atoms with Crippen molar-refractivity contribution < 1.29 is 31.9 Å². The third kappa shape index (κ3) is 4.53. The van der Waals surface area contributed by atoms with E-state index in [1.807, 2.05) is 6.92 Å². The van der Waals surface area contributed by atoms with Gasteiger partial charge in [0.15, 0.2) is 11.5 Å². The summed E-state index contributed by atoms with van der Waals surface area (Å²) in [6, 6.07) is 4.41. The second-order valence-electron chi connectivity index (χ2n) is 8.13. The topological polar surface area (TPSA) is 115 Å². The standard InChI is InChI=1S/C23H24F3N5O4/c1-4-30-9-10-31(11-17(30)32)22(33)19-20(12(2)27)35-21(29-19)14-5-7-15(34-3)18-13(14)6-8-16(28-18)23(24,25)26/h5-8,12H,4,9-11,27H2,1-3H3/t12-/m0/s1. The average Bonchev–Trinajstić information content (AvgIpc) is 3.27. The van der Waals surface area contributed by atoms with Crippen molar-refractivity contribution in [3.8, 4) is 17.2 Å². The summed E-state index contributed by atoms with van der Waals surface area (Å²) < 4.78 is 50.8. The van der Waals surface area contributed by atoms with Crippen LogP contribution in [0, 0.1) is 0 Å². The zero-order valence-electron chi connectivity index (χ0n) is 19.3. The van der Waals surface area contributed by atoms with Gasteiger partial charge in [-0.3, -0.25) is 9.59 Å². The maximum atomic E-state index is 13.2. The molecular formula is C23H24F3N5O4. The van der Waals surface area contributed by atoms with Crippen LogP contribution in [0.15, 0.2) is 28.7 Å². The predicted octanol–water partition coefficient (Wildman–Crippen LogP) is 3.24. The summed E-state index contributed by atoms with van der Waals surface area (Å²) in [4.78, 5) is 36.7.